The fourth-order valence-electron chi connectivity index (χ4n) is 10.1. The van der Waals surface area contributed by atoms with Gasteiger partial charge in [0.1, 0.15) is 0 Å². The highest BCUT2D eigenvalue weighted by Gasteiger charge is 2.80. The van der Waals surface area contributed by atoms with E-state index in [-0.39, 0.29) is 16.9 Å². The number of fused-ring (bicyclic) bond motifs is 10. The number of aliphatic hydroxyl groups excluding tert-OH is 1. The molecule has 12 atom stereocenters. The quantitative estimate of drug-likeness (QED) is 0.690. The molecule has 0 aromatic carbocycles. The van der Waals surface area contributed by atoms with Gasteiger partial charge in [-0.15, -0.1) is 0 Å². The molecule has 4 unspecified atom stereocenters. The molecule has 3 nitrogen and oxygen atoms in total. The standard InChI is InChI=1S/C24H38O3/c1-4-7-23(26)18-11-15(18)20-19-14-10-17(14)24(27)12-13(25)5-8-21(24,2)16(19)6-9-22(20,23)3/h13-20,25-27H,4-12H2,1-3H3/t13-,14-,15?,16?,17+,18-,19?,20?,21+,22-,23-,24+/m0/s1. The Morgan fingerprint density at radius 1 is 0.889 bits per heavy atom. The highest BCUT2D eigenvalue weighted by Crippen LogP contribution is 2.82. The van der Waals surface area contributed by atoms with E-state index < -0.39 is 11.2 Å². The van der Waals surface area contributed by atoms with Crippen LogP contribution in [0.4, 0.5) is 0 Å². The van der Waals surface area contributed by atoms with Gasteiger partial charge in [-0.05, 0) is 97.2 Å². The minimum atomic E-state index is -0.647. The van der Waals surface area contributed by atoms with Gasteiger partial charge < -0.3 is 15.3 Å². The van der Waals surface area contributed by atoms with E-state index in [1.807, 2.05) is 0 Å². The predicted octanol–water partition coefficient (Wildman–Crippen LogP) is 3.75. The summed E-state index contributed by atoms with van der Waals surface area (Å²) in [6.07, 6.45) is 8.88. The van der Waals surface area contributed by atoms with Crippen molar-refractivity contribution in [3.63, 3.8) is 0 Å². The zero-order chi connectivity index (χ0) is 19.0. The lowest BCUT2D eigenvalue weighted by atomic mass is 9.42. The van der Waals surface area contributed by atoms with Gasteiger partial charge in [0, 0.05) is 6.42 Å². The Kier molecular flexibility index (Phi) is 3.25. The maximum absolute atomic E-state index is 11.8. The van der Waals surface area contributed by atoms with Crippen LogP contribution in [0.1, 0.15) is 78.6 Å². The molecule has 0 heterocycles. The molecule has 27 heavy (non-hydrogen) atoms. The summed E-state index contributed by atoms with van der Waals surface area (Å²) in [5, 5.41) is 34.0. The molecule has 6 aliphatic rings. The highest BCUT2D eigenvalue weighted by atomic mass is 16.3. The number of hydrogen-bond acceptors (Lipinski definition) is 3. The van der Waals surface area contributed by atoms with Crippen molar-refractivity contribution in [2.45, 2.75) is 95.9 Å². The summed E-state index contributed by atoms with van der Waals surface area (Å²) in [7, 11) is 0. The summed E-state index contributed by atoms with van der Waals surface area (Å²) in [4.78, 5) is 0. The lowest BCUT2D eigenvalue weighted by Gasteiger charge is -2.64. The van der Waals surface area contributed by atoms with Crippen molar-refractivity contribution in [3.05, 3.63) is 0 Å². The summed E-state index contributed by atoms with van der Waals surface area (Å²) >= 11 is 0. The van der Waals surface area contributed by atoms with E-state index in [2.05, 4.69) is 20.8 Å². The molecule has 6 rings (SSSR count). The molecule has 0 aromatic rings. The maximum Gasteiger partial charge on any atom is 0.0759 e. The van der Waals surface area contributed by atoms with Crippen LogP contribution in [0.5, 0.6) is 0 Å². The zero-order valence-electron chi connectivity index (χ0n) is 17.3. The van der Waals surface area contributed by atoms with E-state index in [1.165, 1.54) is 12.8 Å². The van der Waals surface area contributed by atoms with Crippen molar-refractivity contribution in [3.8, 4) is 0 Å². The van der Waals surface area contributed by atoms with E-state index in [4.69, 9.17) is 0 Å². The molecule has 0 bridgehead atoms. The molecule has 0 spiro atoms. The van der Waals surface area contributed by atoms with Crippen molar-refractivity contribution in [2.24, 2.45) is 52.3 Å². The first-order valence-corrected chi connectivity index (χ1v) is 11.8. The Balaban J connectivity index is 1.41. The average molecular weight is 375 g/mol. The topological polar surface area (TPSA) is 60.7 Å². The van der Waals surface area contributed by atoms with Crippen LogP contribution in [-0.2, 0) is 0 Å². The van der Waals surface area contributed by atoms with Gasteiger partial charge in [0.15, 0.2) is 0 Å². The fraction of sp³-hybridized carbons (Fsp3) is 1.00. The third-order valence-corrected chi connectivity index (χ3v) is 11.4. The minimum absolute atomic E-state index is 0.0360. The Bertz CT molecular complexity index is 679. The Hall–Kier alpha value is -0.120. The predicted molar refractivity (Wildman–Crippen MR) is 104 cm³/mol. The van der Waals surface area contributed by atoms with Crippen LogP contribution >= 0.6 is 0 Å². The molecule has 0 radical (unpaired) electrons. The van der Waals surface area contributed by atoms with Crippen molar-refractivity contribution < 1.29 is 15.3 Å². The molecule has 152 valence electrons. The maximum atomic E-state index is 11.8. The number of aliphatic hydroxyl groups is 3. The summed E-state index contributed by atoms with van der Waals surface area (Å²) in [5.74, 6) is 4.29. The molecular weight excluding hydrogens is 336 g/mol. The van der Waals surface area contributed by atoms with Crippen LogP contribution in [0, 0.1) is 52.3 Å². The third kappa shape index (κ3) is 1.79. The van der Waals surface area contributed by atoms with E-state index >= 15 is 0 Å². The molecule has 0 aliphatic heterocycles. The first kappa shape index (κ1) is 17.7. The molecule has 3 heteroatoms. The van der Waals surface area contributed by atoms with Gasteiger partial charge in [0.2, 0.25) is 0 Å². The van der Waals surface area contributed by atoms with Crippen molar-refractivity contribution >= 4 is 0 Å². The van der Waals surface area contributed by atoms with Gasteiger partial charge in [-0.2, -0.15) is 0 Å². The SMILES string of the molecule is CCC[C@]1(O)[C@H]2CC2C2C3C(CC[C@@]21C)[C@@]1(C)CC[C@H](O)C[C@@]1(O)[C@@H]1C[C@H]31. The lowest BCUT2D eigenvalue weighted by molar-refractivity contribution is -0.237. The molecule has 6 fully saturated rings. The van der Waals surface area contributed by atoms with Crippen LogP contribution < -0.4 is 0 Å². The fourth-order valence-corrected chi connectivity index (χ4v) is 10.1. The second kappa shape index (κ2) is 4.95. The highest BCUT2D eigenvalue weighted by molar-refractivity contribution is 5.29. The molecule has 0 saturated heterocycles. The van der Waals surface area contributed by atoms with Crippen LogP contribution in [0.2, 0.25) is 0 Å². The summed E-state index contributed by atoms with van der Waals surface area (Å²) < 4.78 is 0. The molecular formula is C24H38O3. The molecule has 0 amide bonds. The van der Waals surface area contributed by atoms with Crippen LogP contribution in [0.3, 0.4) is 0 Å². The van der Waals surface area contributed by atoms with Crippen molar-refractivity contribution in [2.75, 3.05) is 0 Å². The molecule has 3 N–H and O–H groups in total. The van der Waals surface area contributed by atoms with Crippen LogP contribution in [-0.4, -0.2) is 32.6 Å². The van der Waals surface area contributed by atoms with Gasteiger partial charge in [0.05, 0.1) is 17.3 Å². The average Bonchev–Trinajstić information content (AvgIpc) is 3.49. The minimum Gasteiger partial charge on any atom is -0.393 e. The second-order valence-electron chi connectivity index (χ2n) is 12.1. The van der Waals surface area contributed by atoms with Gasteiger partial charge in [-0.1, -0.05) is 27.2 Å². The van der Waals surface area contributed by atoms with Crippen molar-refractivity contribution in [1.82, 2.24) is 0 Å². The smallest absolute Gasteiger partial charge is 0.0759 e. The van der Waals surface area contributed by atoms with E-state index in [1.54, 1.807) is 0 Å². The Labute approximate surface area is 163 Å². The number of hydrogen-bond donors (Lipinski definition) is 3. The van der Waals surface area contributed by atoms with Gasteiger partial charge >= 0.3 is 0 Å². The van der Waals surface area contributed by atoms with Crippen LogP contribution in [0.25, 0.3) is 0 Å². The zero-order valence-corrected chi connectivity index (χ0v) is 17.3. The molecule has 0 aromatic heterocycles. The van der Waals surface area contributed by atoms with Gasteiger partial charge in [0.25, 0.3) is 0 Å². The first-order valence-electron chi connectivity index (χ1n) is 11.8. The van der Waals surface area contributed by atoms with Gasteiger partial charge in [-0.25, -0.2) is 0 Å². The van der Waals surface area contributed by atoms with E-state index in [0.29, 0.717) is 41.9 Å². The Morgan fingerprint density at radius 3 is 2.33 bits per heavy atom. The molecule has 6 aliphatic carbocycles. The monoisotopic (exact) mass is 374 g/mol. The second-order valence-corrected chi connectivity index (χ2v) is 12.1. The third-order valence-electron chi connectivity index (χ3n) is 11.4. The summed E-state index contributed by atoms with van der Waals surface area (Å²) in [5.41, 5.74) is -1.04. The Morgan fingerprint density at radius 2 is 1.59 bits per heavy atom. The molecule has 6 saturated carbocycles. The van der Waals surface area contributed by atoms with Crippen LogP contribution in [0.15, 0.2) is 0 Å². The summed E-state index contributed by atoms with van der Waals surface area (Å²) in [6.45, 7) is 7.02. The van der Waals surface area contributed by atoms with Gasteiger partial charge in [-0.3, -0.25) is 0 Å². The first-order chi connectivity index (χ1) is 12.7. The van der Waals surface area contributed by atoms with E-state index in [9.17, 15) is 15.3 Å². The summed E-state index contributed by atoms with van der Waals surface area (Å²) in [6, 6.07) is 0. The largest absolute Gasteiger partial charge is 0.393 e. The van der Waals surface area contributed by atoms with Crippen molar-refractivity contribution in [1.29, 1.82) is 0 Å². The normalized spacial score (nSPS) is 68.2. The lowest BCUT2D eigenvalue weighted by Crippen LogP contribution is -2.65. The number of rotatable bonds is 2. The van der Waals surface area contributed by atoms with E-state index in [0.717, 1.165) is 44.4 Å².